The quantitative estimate of drug-likeness (QED) is 0.645. The third-order valence-corrected chi connectivity index (χ3v) is 6.62. The summed E-state index contributed by atoms with van der Waals surface area (Å²) >= 11 is 7.26. The average molecular weight is 382 g/mol. The third-order valence-electron chi connectivity index (χ3n) is 4.10. The van der Waals surface area contributed by atoms with E-state index in [0.717, 1.165) is 25.0 Å². The predicted octanol–water partition coefficient (Wildman–Crippen LogP) is 3.90. The summed E-state index contributed by atoms with van der Waals surface area (Å²) < 4.78 is 28.3. The van der Waals surface area contributed by atoms with E-state index in [1.807, 2.05) is 17.0 Å². The van der Waals surface area contributed by atoms with E-state index in [2.05, 4.69) is 10.1 Å². The van der Waals surface area contributed by atoms with Crippen LogP contribution in [0.1, 0.15) is 17.7 Å². The maximum atomic E-state index is 13.4. The van der Waals surface area contributed by atoms with Crippen molar-refractivity contribution >= 4 is 39.8 Å². The van der Waals surface area contributed by atoms with Gasteiger partial charge in [0.25, 0.3) is 0 Å². The molecule has 0 amide bonds. The van der Waals surface area contributed by atoms with E-state index in [9.17, 15) is 8.60 Å². The Labute approximate surface area is 149 Å². The maximum Gasteiger partial charge on any atom is 0.173 e. The minimum absolute atomic E-state index is 0.0446. The van der Waals surface area contributed by atoms with E-state index in [-0.39, 0.29) is 5.02 Å². The average Bonchev–Trinajstić information content (AvgIpc) is 3.19. The lowest BCUT2D eigenvalue weighted by atomic mass is 10.3. The van der Waals surface area contributed by atoms with E-state index in [4.69, 9.17) is 11.6 Å². The summed E-state index contributed by atoms with van der Waals surface area (Å²) in [6, 6.07) is 4.11. The molecular formula is C16H13ClFN3OS2. The Hall–Kier alpha value is -1.44. The lowest BCUT2D eigenvalue weighted by Crippen LogP contribution is -2.01. The molecule has 0 N–H and O–H groups in total. The maximum absolute atomic E-state index is 13.4. The Balaban J connectivity index is 1.92. The Kier molecular flexibility index (Phi) is 4.10. The lowest BCUT2D eigenvalue weighted by Gasteiger charge is -2.04. The van der Waals surface area contributed by atoms with Crippen molar-refractivity contribution in [1.82, 2.24) is 14.6 Å². The number of aromatic nitrogens is 3. The van der Waals surface area contributed by atoms with E-state index in [0.29, 0.717) is 20.5 Å². The van der Waals surface area contributed by atoms with Crippen LogP contribution in [0, 0.1) is 5.82 Å². The van der Waals surface area contributed by atoms with Crippen molar-refractivity contribution in [3.63, 3.8) is 0 Å². The van der Waals surface area contributed by atoms with Gasteiger partial charge in [0.05, 0.1) is 15.8 Å². The van der Waals surface area contributed by atoms with Gasteiger partial charge < -0.3 is 0 Å². The third kappa shape index (κ3) is 2.46. The standard InChI is InChI=1S/C16H13ClFN3OS2/c1-23-16-14(24(22)10-5-6-12(18)11(17)7-10)15-19-8-9-3-2-4-13(9)21(15)20-16/h5-8H,2-4H2,1H3. The molecule has 0 aliphatic heterocycles. The summed E-state index contributed by atoms with van der Waals surface area (Å²) in [5, 5.41) is 5.23. The topological polar surface area (TPSA) is 47.3 Å². The van der Waals surface area contributed by atoms with Crippen LogP contribution in [0.25, 0.3) is 5.65 Å². The highest BCUT2D eigenvalue weighted by atomic mass is 35.5. The molecule has 0 spiro atoms. The van der Waals surface area contributed by atoms with Gasteiger partial charge in [0, 0.05) is 16.8 Å². The number of hydrogen-bond acceptors (Lipinski definition) is 4. The summed E-state index contributed by atoms with van der Waals surface area (Å²) in [6.45, 7) is 0. The number of rotatable bonds is 3. The van der Waals surface area contributed by atoms with E-state index >= 15 is 0 Å². The van der Waals surface area contributed by atoms with Gasteiger partial charge in [-0.3, -0.25) is 0 Å². The highest BCUT2D eigenvalue weighted by molar-refractivity contribution is 7.99. The van der Waals surface area contributed by atoms with Gasteiger partial charge in [0.2, 0.25) is 0 Å². The number of fused-ring (bicyclic) bond motifs is 3. The zero-order valence-corrected chi connectivity index (χ0v) is 15.1. The predicted molar refractivity (Wildman–Crippen MR) is 92.9 cm³/mol. The first-order valence-electron chi connectivity index (χ1n) is 7.40. The summed E-state index contributed by atoms with van der Waals surface area (Å²) in [5.74, 6) is -0.529. The monoisotopic (exact) mass is 381 g/mol. The fourth-order valence-electron chi connectivity index (χ4n) is 2.95. The lowest BCUT2D eigenvalue weighted by molar-refractivity contribution is 0.626. The smallest absolute Gasteiger partial charge is 0.173 e. The van der Waals surface area contributed by atoms with Crippen LogP contribution in [-0.4, -0.2) is 25.1 Å². The van der Waals surface area contributed by atoms with Crippen LogP contribution in [-0.2, 0) is 23.6 Å². The molecular weight excluding hydrogens is 369 g/mol. The summed E-state index contributed by atoms with van der Waals surface area (Å²) in [5.41, 5.74) is 2.93. The SMILES string of the molecule is CSc1nn2c3c(cnc2c1S(=O)c1ccc(F)c(Cl)c1)CCC3. The molecule has 8 heteroatoms. The number of thioether (sulfide) groups is 1. The van der Waals surface area contributed by atoms with Crippen molar-refractivity contribution in [3.8, 4) is 0 Å². The minimum Gasteiger partial charge on any atom is -0.249 e. The molecule has 2 heterocycles. The number of aryl methyl sites for hydroxylation is 2. The molecule has 2 aromatic heterocycles. The van der Waals surface area contributed by atoms with E-state index in [1.54, 1.807) is 0 Å². The van der Waals surface area contributed by atoms with Crippen LogP contribution >= 0.6 is 23.4 Å². The highest BCUT2D eigenvalue weighted by Crippen LogP contribution is 2.33. The number of halogens is 2. The zero-order chi connectivity index (χ0) is 16.8. The second-order valence-electron chi connectivity index (χ2n) is 5.50. The molecule has 1 aromatic carbocycles. The van der Waals surface area contributed by atoms with Crippen molar-refractivity contribution in [2.75, 3.05) is 6.26 Å². The minimum atomic E-state index is -1.53. The molecule has 124 valence electrons. The first kappa shape index (κ1) is 16.1. The van der Waals surface area contributed by atoms with Crippen molar-refractivity contribution in [2.45, 2.75) is 34.1 Å². The largest absolute Gasteiger partial charge is 0.249 e. The fourth-order valence-corrected chi connectivity index (χ4v) is 5.27. The van der Waals surface area contributed by atoms with Crippen LogP contribution < -0.4 is 0 Å². The van der Waals surface area contributed by atoms with Crippen molar-refractivity contribution in [3.05, 3.63) is 46.5 Å². The molecule has 0 saturated carbocycles. The van der Waals surface area contributed by atoms with Gasteiger partial charge >= 0.3 is 0 Å². The van der Waals surface area contributed by atoms with Crippen LogP contribution in [0.5, 0.6) is 0 Å². The summed E-state index contributed by atoms with van der Waals surface area (Å²) in [7, 11) is -1.53. The van der Waals surface area contributed by atoms with Gasteiger partial charge in [0.15, 0.2) is 5.65 Å². The van der Waals surface area contributed by atoms with Gasteiger partial charge in [-0.2, -0.15) is 5.10 Å². The number of nitrogens with zero attached hydrogens (tertiary/aromatic N) is 3. The molecule has 0 fully saturated rings. The van der Waals surface area contributed by atoms with Crippen LogP contribution in [0.3, 0.4) is 0 Å². The zero-order valence-electron chi connectivity index (χ0n) is 12.8. The molecule has 3 aromatic rings. The molecule has 0 bridgehead atoms. The first-order valence-corrected chi connectivity index (χ1v) is 10.2. The van der Waals surface area contributed by atoms with Crippen molar-refractivity contribution < 1.29 is 8.60 Å². The summed E-state index contributed by atoms with van der Waals surface area (Å²) in [6.07, 6.45) is 6.76. The molecule has 24 heavy (non-hydrogen) atoms. The Morgan fingerprint density at radius 1 is 1.38 bits per heavy atom. The Morgan fingerprint density at radius 2 is 2.21 bits per heavy atom. The Morgan fingerprint density at radius 3 is 2.96 bits per heavy atom. The highest BCUT2D eigenvalue weighted by Gasteiger charge is 2.25. The Bertz CT molecular complexity index is 989. The molecule has 1 aliphatic carbocycles. The van der Waals surface area contributed by atoms with Crippen molar-refractivity contribution in [1.29, 1.82) is 0 Å². The molecule has 0 radical (unpaired) electrons. The van der Waals surface area contributed by atoms with Crippen molar-refractivity contribution in [2.24, 2.45) is 0 Å². The van der Waals surface area contributed by atoms with Gasteiger partial charge in [-0.1, -0.05) is 11.6 Å². The van der Waals surface area contributed by atoms with Crippen LogP contribution in [0.15, 0.2) is 39.2 Å². The number of hydrogen-bond donors (Lipinski definition) is 0. The van der Waals surface area contributed by atoms with Gasteiger partial charge in [0.1, 0.15) is 15.7 Å². The van der Waals surface area contributed by atoms with Gasteiger partial charge in [-0.05, 0) is 49.3 Å². The second kappa shape index (κ2) is 6.13. The van der Waals surface area contributed by atoms with E-state index in [1.165, 1.54) is 35.5 Å². The number of benzene rings is 1. The first-order chi connectivity index (χ1) is 11.6. The molecule has 0 saturated heterocycles. The molecule has 4 rings (SSSR count). The van der Waals surface area contributed by atoms with Gasteiger partial charge in [-0.25, -0.2) is 18.1 Å². The molecule has 1 unspecified atom stereocenters. The van der Waals surface area contributed by atoms with Crippen LogP contribution in [0.4, 0.5) is 4.39 Å². The second-order valence-corrected chi connectivity index (χ2v) is 8.12. The molecule has 4 nitrogen and oxygen atoms in total. The molecule has 1 atom stereocenters. The summed E-state index contributed by atoms with van der Waals surface area (Å²) in [4.78, 5) is 5.49. The van der Waals surface area contributed by atoms with E-state index < -0.39 is 16.6 Å². The fraction of sp³-hybridized carbons (Fsp3) is 0.250. The molecule has 1 aliphatic rings. The van der Waals surface area contributed by atoms with Crippen LogP contribution in [0.2, 0.25) is 5.02 Å². The van der Waals surface area contributed by atoms with Gasteiger partial charge in [-0.15, -0.1) is 11.8 Å². The normalized spacial score (nSPS) is 15.0.